The molecule has 1 saturated heterocycles. The Bertz CT molecular complexity index is 612. The SMILES string of the molecule is CC(=O)SCC(=Cc1ccc(CO)cn1)B1OC(C)(C)C(C)(C)O1. The predicted molar refractivity (Wildman–Crippen MR) is 97.4 cm³/mol. The summed E-state index contributed by atoms with van der Waals surface area (Å²) in [5.74, 6) is 0.482. The fourth-order valence-corrected chi connectivity index (χ4v) is 2.75. The lowest BCUT2D eigenvalue weighted by molar-refractivity contribution is -0.109. The molecule has 0 aliphatic carbocycles. The first-order valence-electron chi connectivity index (χ1n) is 7.90. The Hall–Kier alpha value is -1.15. The number of nitrogens with zero attached hydrogens (tertiary/aromatic N) is 1. The zero-order chi connectivity index (χ0) is 18.0. The average molecular weight is 349 g/mol. The van der Waals surface area contributed by atoms with Gasteiger partial charge in [-0.1, -0.05) is 17.8 Å². The summed E-state index contributed by atoms with van der Waals surface area (Å²) in [6.07, 6.45) is 3.52. The van der Waals surface area contributed by atoms with Gasteiger partial charge in [-0.15, -0.1) is 0 Å². The van der Waals surface area contributed by atoms with E-state index < -0.39 is 18.3 Å². The summed E-state index contributed by atoms with van der Waals surface area (Å²) in [5, 5.41) is 9.15. The van der Waals surface area contributed by atoms with Crippen LogP contribution in [-0.2, 0) is 20.7 Å². The Morgan fingerprint density at radius 3 is 2.38 bits per heavy atom. The highest BCUT2D eigenvalue weighted by molar-refractivity contribution is 8.13. The second-order valence-electron chi connectivity index (χ2n) is 6.84. The highest BCUT2D eigenvalue weighted by Gasteiger charge is 2.52. The molecule has 1 fully saturated rings. The zero-order valence-electron chi connectivity index (χ0n) is 14.8. The first kappa shape index (κ1) is 19.2. The number of aromatic nitrogens is 1. The molecule has 7 heteroatoms. The zero-order valence-corrected chi connectivity index (χ0v) is 15.6. The molecule has 24 heavy (non-hydrogen) atoms. The van der Waals surface area contributed by atoms with Crippen LogP contribution < -0.4 is 0 Å². The quantitative estimate of drug-likeness (QED) is 0.825. The van der Waals surface area contributed by atoms with Gasteiger partial charge in [-0.25, -0.2) is 0 Å². The van der Waals surface area contributed by atoms with Crippen LogP contribution in [0.25, 0.3) is 6.08 Å². The molecule has 0 spiro atoms. The molecule has 1 aromatic rings. The van der Waals surface area contributed by atoms with Crippen molar-refractivity contribution in [1.29, 1.82) is 0 Å². The fraction of sp³-hybridized carbons (Fsp3) is 0.529. The Morgan fingerprint density at radius 2 is 1.92 bits per heavy atom. The van der Waals surface area contributed by atoms with E-state index in [1.54, 1.807) is 13.1 Å². The van der Waals surface area contributed by atoms with Crippen LogP contribution in [-0.4, -0.2) is 39.3 Å². The standard InChI is InChI=1S/C17H24BNO4S/c1-12(21)24-11-14(8-15-7-6-13(10-20)9-19-15)18-22-16(2,3)17(4,5)23-18/h6-9,20H,10-11H2,1-5H3. The van der Waals surface area contributed by atoms with E-state index in [0.29, 0.717) is 5.75 Å². The maximum Gasteiger partial charge on any atom is 0.491 e. The predicted octanol–water partition coefficient (Wildman–Crippen LogP) is 2.87. The minimum atomic E-state index is -0.513. The van der Waals surface area contributed by atoms with Gasteiger partial charge in [0.1, 0.15) is 0 Å². The number of hydrogen-bond donors (Lipinski definition) is 1. The Kier molecular flexibility index (Phi) is 5.91. The topological polar surface area (TPSA) is 68.7 Å². The van der Waals surface area contributed by atoms with Crippen LogP contribution in [0.5, 0.6) is 0 Å². The van der Waals surface area contributed by atoms with E-state index in [4.69, 9.17) is 14.4 Å². The number of aliphatic hydroxyl groups excluding tert-OH is 1. The van der Waals surface area contributed by atoms with Crippen molar-refractivity contribution in [3.8, 4) is 0 Å². The second kappa shape index (κ2) is 7.39. The molecule has 2 heterocycles. The highest BCUT2D eigenvalue weighted by Crippen LogP contribution is 2.39. The van der Waals surface area contributed by atoms with E-state index in [0.717, 1.165) is 16.7 Å². The Labute approximate surface area is 148 Å². The van der Waals surface area contributed by atoms with Gasteiger partial charge < -0.3 is 14.4 Å². The Morgan fingerprint density at radius 1 is 1.29 bits per heavy atom. The van der Waals surface area contributed by atoms with Crippen molar-refractivity contribution >= 4 is 30.1 Å². The fourth-order valence-electron chi connectivity index (χ4n) is 2.16. The van der Waals surface area contributed by atoms with Crippen LogP contribution in [0.3, 0.4) is 0 Å². The van der Waals surface area contributed by atoms with Crippen LogP contribution in [0.4, 0.5) is 0 Å². The van der Waals surface area contributed by atoms with E-state index in [9.17, 15) is 4.79 Å². The molecule has 2 rings (SSSR count). The number of rotatable bonds is 5. The second-order valence-corrected chi connectivity index (χ2v) is 7.99. The maximum absolute atomic E-state index is 11.4. The third kappa shape index (κ3) is 4.48. The molecule has 1 N–H and O–H groups in total. The third-order valence-electron chi connectivity index (χ3n) is 4.36. The van der Waals surface area contributed by atoms with E-state index in [-0.39, 0.29) is 11.7 Å². The molecule has 0 amide bonds. The molecule has 0 bridgehead atoms. The van der Waals surface area contributed by atoms with Crippen LogP contribution in [0.1, 0.15) is 45.9 Å². The van der Waals surface area contributed by atoms with Crippen molar-refractivity contribution in [1.82, 2.24) is 4.98 Å². The molecule has 130 valence electrons. The minimum Gasteiger partial charge on any atom is -0.400 e. The molecule has 5 nitrogen and oxygen atoms in total. The van der Waals surface area contributed by atoms with Crippen molar-refractivity contribution < 1.29 is 19.2 Å². The van der Waals surface area contributed by atoms with Crippen molar-refractivity contribution in [2.45, 2.75) is 52.4 Å². The van der Waals surface area contributed by atoms with Crippen LogP contribution in [0, 0.1) is 0 Å². The van der Waals surface area contributed by atoms with Crippen molar-refractivity contribution in [3.05, 3.63) is 35.1 Å². The molecule has 1 aliphatic heterocycles. The molecular formula is C17H24BNO4S. The number of thioether (sulfide) groups is 1. The highest BCUT2D eigenvalue weighted by atomic mass is 32.2. The molecule has 1 aliphatic rings. The number of carbonyl (C=O) groups excluding carboxylic acids is 1. The third-order valence-corrected chi connectivity index (χ3v) is 5.25. The summed E-state index contributed by atoms with van der Waals surface area (Å²) >= 11 is 1.22. The molecule has 0 radical (unpaired) electrons. The molecular weight excluding hydrogens is 325 g/mol. The van der Waals surface area contributed by atoms with Crippen LogP contribution in [0.2, 0.25) is 0 Å². The summed E-state index contributed by atoms with van der Waals surface area (Å²) < 4.78 is 12.2. The first-order valence-corrected chi connectivity index (χ1v) is 8.88. The monoisotopic (exact) mass is 349 g/mol. The maximum atomic E-state index is 11.4. The lowest BCUT2D eigenvalue weighted by Crippen LogP contribution is -2.41. The number of pyridine rings is 1. The van der Waals surface area contributed by atoms with E-state index in [1.165, 1.54) is 11.8 Å². The van der Waals surface area contributed by atoms with E-state index >= 15 is 0 Å². The van der Waals surface area contributed by atoms with Gasteiger partial charge in [0, 0.05) is 18.9 Å². The molecule has 1 aromatic heterocycles. The normalized spacial score (nSPS) is 19.6. The average Bonchev–Trinajstić information content (AvgIpc) is 2.72. The number of aliphatic hydroxyl groups is 1. The van der Waals surface area contributed by atoms with Gasteiger partial charge in [0.2, 0.25) is 0 Å². The van der Waals surface area contributed by atoms with E-state index in [2.05, 4.69) is 4.98 Å². The Balaban J connectivity index is 2.27. The van der Waals surface area contributed by atoms with Gasteiger partial charge in [0.15, 0.2) is 5.12 Å². The molecule has 0 aromatic carbocycles. The lowest BCUT2D eigenvalue weighted by atomic mass is 9.78. The summed E-state index contributed by atoms with van der Waals surface area (Å²) in [6, 6.07) is 3.65. The number of hydrogen-bond acceptors (Lipinski definition) is 6. The summed E-state index contributed by atoms with van der Waals surface area (Å²) in [5.41, 5.74) is 1.47. The molecule has 0 atom stereocenters. The first-order chi connectivity index (χ1) is 11.1. The largest absolute Gasteiger partial charge is 0.491 e. The van der Waals surface area contributed by atoms with Gasteiger partial charge in [0.05, 0.1) is 23.5 Å². The van der Waals surface area contributed by atoms with Crippen LogP contribution >= 0.6 is 11.8 Å². The van der Waals surface area contributed by atoms with Crippen LogP contribution in [0.15, 0.2) is 23.8 Å². The molecule has 0 saturated carbocycles. The minimum absolute atomic E-state index is 0.0404. The summed E-state index contributed by atoms with van der Waals surface area (Å²) in [4.78, 5) is 15.7. The van der Waals surface area contributed by atoms with Gasteiger partial charge in [0.25, 0.3) is 0 Å². The summed E-state index contributed by atoms with van der Waals surface area (Å²) in [7, 11) is -0.513. The van der Waals surface area contributed by atoms with Gasteiger partial charge in [-0.05, 0) is 50.9 Å². The van der Waals surface area contributed by atoms with E-state index in [1.807, 2.05) is 45.9 Å². The van der Waals surface area contributed by atoms with Gasteiger partial charge >= 0.3 is 7.12 Å². The lowest BCUT2D eigenvalue weighted by Gasteiger charge is -2.32. The van der Waals surface area contributed by atoms with Crippen molar-refractivity contribution in [2.75, 3.05) is 5.75 Å². The van der Waals surface area contributed by atoms with Crippen molar-refractivity contribution in [2.24, 2.45) is 0 Å². The molecule has 0 unspecified atom stereocenters. The van der Waals surface area contributed by atoms with Crippen molar-refractivity contribution in [3.63, 3.8) is 0 Å². The van der Waals surface area contributed by atoms with Gasteiger partial charge in [-0.2, -0.15) is 0 Å². The smallest absolute Gasteiger partial charge is 0.400 e. The number of carbonyl (C=O) groups is 1. The summed E-state index contributed by atoms with van der Waals surface area (Å²) in [6.45, 7) is 9.49. The van der Waals surface area contributed by atoms with Gasteiger partial charge in [-0.3, -0.25) is 9.78 Å².